The van der Waals surface area contributed by atoms with Crippen molar-refractivity contribution < 1.29 is 8.78 Å². The van der Waals surface area contributed by atoms with E-state index in [1.165, 1.54) is 18.2 Å². The molecule has 3 aromatic carbocycles. The second kappa shape index (κ2) is 6.38. The Labute approximate surface area is 158 Å². The van der Waals surface area contributed by atoms with E-state index in [0.717, 1.165) is 16.6 Å². The molecule has 2 aromatic heterocycles. The Morgan fingerprint density at radius 2 is 1.75 bits per heavy atom. The number of hydrogen-bond donors (Lipinski definition) is 2. The summed E-state index contributed by atoms with van der Waals surface area (Å²) >= 11 is 0. The van der Waals surface area contributed by atoms with Gasteiger partial charge in [-0.1, -0.05) is 6.07 Å². The lowest BCUT2D eigenvalue weighted by atomic mass is 10.1. The molecule has 2 heterocycles. The van der Waals surface area contributed by atoms with Crippen LogP contribution in [0.2, 0.25) is 0 Å². The summed E-state index contributed by atoms with van der Waals surface area (Å²) in [6, 6.07) is 16.2. The number of anilines is 2. The summed E-state index contributed by atoms with van der Waals surface area (Å²) in [5.41, 5.74) is 2.74. The molecule has 28 heavy (non-hydrogen) atoms. The van der Waals surface area contributed by atoms with Crippen LogP contribution in [0.25, 0.3) is 33.2 Å². The molecule has 0 fully saturated rings. The number of aromatic nitrogens is 4. The Bertz CT molecular complexity index is 1310. The quantitative estimate of drug-likeness (QED) is 0.456. The van der Waals surface area contributed by atoms with Gasteiger partial charge in [-0.2, -0.15) is 5.10 Å². The molecule has 0 unspecified atom stereocenters. The molecule has 7 heteroatoms. The Morgan fingerprint density at radius 1 is 0.893 bits per heavy atom. The van der Waals surface area contributed by atoms with Gasteiger partial charge in [0.15, 0.2) is 5.82 Å². The molecule has 0 saturated heterocycles. The van der Waals surface area contributed by atoms with E-state index >= 15 is 0 Å². The maximum absolute atomic E-state index is 14.6. The summed E-state index contributed by atoms with van der Waals surface area (Å²) in [7, 11) is 0. The largest absolute Gasteiger partial charge is 0.339 e. The van der Waals surface area contributed by atoms with Crippen LogP contribution >= 0.6 is 0 Å². The summed E-state index contributed by atoms with van der Waals surface area (Å²) < 4.78 is 27.8. The molecular formula is C21H13F2N5. The first kappa shape index (κ1) is 16.3. The highest BCUT2D eigenvalue weighted by Gasteiger charge is 2.14. The van der Waals surface area contributed by atoms with Crippen LogP contribution in [0.15, 0.2) is 66.9 Å². The number of nitrogens with one attached hydrogen (secondary N) is 2. The van der Waals surface area contributed by atoms with Crippen LogP contribution in [0.5, 0.6) is 0 Å². The summed E-state index contributed by atoms with van der Waals surface area (Å²) in [6.07, 6.45) is 1.71. The molecule has 0 bridgehead atoms. The minimum Gasteiger partial charge on any atom is -0.339 e. The first-order valence-corrected chi connectivity index (χ1v) is 8.60. The van der Waals surface area contributed by atoms with Crippen molar-refractivity contribution in [1.82, 2.24) is 20.2 Å². The van der Waals surface area contributed by atoms with Gasteiger partial charge in [-0.3, -0.25) is 5.10 Å². The minimum atomic E-state index is -0.421. The van der Waals surface area contributed by atoms with Crippen LogP contribution in [0.1, 0.15) is 0 Å². The van der Waals surface area contributed by atoms with Crippen molar-refractivity contribution in [3.63, 3.8) is 0 Å². The molecule has 0 atom stereocenters. The average Bonchev–Trinajstić information content (AvgIpc) is 3.16. The fourth-order valence-corrected chi connectivity index (χ4v) is 3.12. The van der Waals surface area contributed by atoms with E-state index in [9.17, 15) is 8.78 Å². The maximum atomic E-state index is 14.6. The zero-order valence-electron chi connectivity index (χ0n) is 14.4. The highest BCUT2D eigenvalue weighted by molar-refractivity contribution is 5.93. The highest BCUT2D eigenvalue weighted by atomic mass is 19.1. The number of hydrogen-bond acceptors (Lipinski definition) is 4. The normalized spacial score (nSPS) is 11.2. The van der Waals surface area contributed by atoms with Gasteiger partial charge in [-0.05, 0) is 54.6 Å². The summed E-state index contributed by atoms with van der Waals surface area (Å²) in [5.74, 6) is -0.0485. The van der Waals surface area contributed by atoms with Gasteiger partial charge in [0, 0.05) is 16.6 Å². The molecule has 136 valence electrons. The second-order valence-electron chi connectivity index (χ2n) is 6.33. The average molecular weight is 373 g/mol. The topological polar surface area (TPSA) is 66.5 Å². The van der Waals surface area contributed by atoms with Gasteiger partial charge in [0.1, 0.15) is 17.5 Å². The lowest BCUT2D eigenvalue weighted by Crippen LogP contribution is -2.01. The van der Waals surface area contributed by atoms with E-state index in [-0.39, 0.29) is 5.82 Å². The number of aromatic amines is 1. The van der Waals surface area contributed by atoms with E-state index < -0.39 is 5.82 Å². The van der Waals surface area contributed by atoms with Gasteiger partial charge in [0.25, 0.3) is 0 Å². The number of nitrogens with zero attached hydrogens (tertiary/aromatic N) is 3. The maximum Gasteiger partial charge on any atom is 0.162 e. The molecule has 0 amide bonds. The van der Waals surface area contributed by atoms with Crippen molar-refractivity contribution in [2.24, 2.45) is 0 Å². The number of fused-ring (bicyclic) bond motifs is 2. The molecule has 5 nitrogen and oxygen atoms in total. The molecule has 0 aliphatic carbocycles. The van der Waals surface area contributed by atoms with Crippen molar-refractivity contribution in [3.8, 4) is 11.4 Å². The van der Waals surface area contributed by atoms with Crippen LogP contribution in [0.3, 0.4) is 0 Å². The monoisotopic (exact) mass is 373 g/mol. The molecular weight excluding hydrogens is 360 g/mol. The van der Waals surface area contributed by atoms with E-state index in [2.05, 4.69) is 25.5 Å². The van der Waals surface area contributed by atoms with Gasteiger partial charge in [-0.15, -0.1) is 0 Å². The minimum absolute atomic E-state index is 0.292. The standard InChI is InChI=1S/C21H13F2N5/c22-14-6-4-12(5-7-14)20-26-18-3-1-2-16(23)19(18)21(27-20)25-15-8-9-17-13(10-15)11-24-28-17/h1-11H,(H,24,28)(H,25,26,27). The van der Waals surface area contributed by atoms with E-state index in [1.807, 2.05) is 18.2 Å². The lowest BCUT2D eigenvalue weighted by Gasteiger charge is -2.12. The molecule has 2 N–H and O–H groups in total. The molecule has 5 aromatic rings. The van der Waals surface area contributed by atoms with Crippen LogP contribution in [0.4, 0.5) is 20.3 Å². The Hall–Kier alpha value is -3.87. The fourth-order valence-electron chi connectivity index (χ4n) is 3.12. The van der Waals surface area contributed by atoms with Crippen LogP contribution in [0, 0.1) is 11.6 Å². The molecule has 0 saturated carbocycles. The third-order valence-corrected chi connectivity index (χ3v) is 4.48. The summed E-state index contributed by atoms with van der Waals surface area (Å²) in [4.78, 5) is 8.97. The predicted octanol–water partition coefficient (Wildman–Crippen LogP) is 5.19. The Morgan fingerprint density at radius 3 is 2.61 bits per heavy atom. The summed E-state index contributed by atoms with van der Waals surface area (Å²) in [5, 5.41) is 11.3. The molecule has 0 radical (unpaired) electrons. The third kappa shape index (κ3) is 2.83. The van der Waals surface area contributed by atoms with Crippen LogP contribution < -0.4 is 5.32 Å². The number of benzene rings is 3. The van der Waals surface area contributed by atoms with Gasteiger partial charge in [0.05, 0.1) is 22.6 Å². The van der Waals surface area contributed by atoms with Gasteiger partial charge >= 0.3 is 0 Å². The van der Waals surface area contributed by atoms with E-state index in [0.29, 0.717) is 28.1 Å². The predicted molar refractivity (Wildman–Crippen MR) is 104 cm³/mol. The summed E-state index contributed by atoms with van der Waals surface area (Å²) in [6.45, 7) is 0. The SMILES string of the molecule is Fc1ccc(-c2nc(Nc3ccc4[nH]ncc4c3)c3c(F)cccc3n2)cc1. The van der Waals surface area contributed by atoms with Gasteiger partial charge < -0.3 is 5.32 Å². The second-order valence-corrected chi connectivity index (χ2v) is 6.33. The lowest BCUT2D eigenvalue weighted by molar-refractivity contribution is 0.628. The van der Waals surface area contributed by atoms with E-state index in [4.69, 9.17) is 0 Å². The third-order valence-electron chi connectivity index (χ3n) is 4.48. The van der Waals surface area contributed by atoms with Crippen molar-refractivity contribution >= 4 is 33.3 Å². The first-order valence-electron chi connectivity index (χ1n) is 8.60. The Kier molecular flexibility index (Phi) is 3.72. The zero-order chi connectivity index (χ0) is 19.1. The zero-order valence-corrected chi connectivity index (χ0v) is 14.4. The van der Waals surface area contributed by atoms with Crippen LogP contribution in [-0.2, 0) is 0 Å². The van der Waals surface area contributed by atoms with Crippen molar-refractivity contribution in [3.05, 3.63) is 78.5 Å². The number of rotatable bonds is 3. The van der Waals surface area contributed by atoms with Gasteiger partial charge in [-0.25, -0.2) is 18.7 Å². The molecule has 5 rings (SSSR count). The molecule has 0 aliphatic rings. The molecule has 0 spiro atoms. The highest BCUT2D eigenvalue weighted by Crippen LogP contribution is 2.30. The van der Waals surface area contributed by atoms with Crippen molar-refractivity contribution in [2.75, 3.05) is 5.32 Å². The fraction of sp³-hybridized carbons (Fsp3) is 0. The molecule has 0 aliphatic heterocycles. The van der Waals surface area contributed by atoms with Crippen molar-refractivity contribution in [2.45, 2.75) is 0 Å². The number of H-pyrrole nitrogens is 1. The first-order chi connectivity index (χ1) is 13.7. The Balaban J connectivity index is 1.67. The van der Waals surface area contributed by atoms with Gasteiger partial charge in [0.2, 0.25) is 0 Å². The van der Waals surface area contributed by atoms with Crippen molar-refractivity contribution in [1.29, 1.82) is 0 Å². The van der Waals surface area contributed by atoms with E-state index in [1.54, 1.807) is 30.5 Å². The van der Waals surface area contributed by atoms with Crippen LogP contribution in [-0.4, -0.2) is 20.2 Å². The number of halogens is 2. The smallest absolute Gasteiger partial charge is 0.162 e.